The molecule has 1 atom stereocenters. The van der Waals surface area contributed by atoms with Crippen LogP contribution in [-0.2, 0) is 4.79 Å². The van der Waals surface area contributed by atoms with Crippen molar-refractivity contribution < 1.29 is 9.90 Å². The van der Waals surface area contributed by atoms with Gasteiger partial charge in [0.1, 0.15) is 0 Å². The smallest absolute Gasteiger partial charge is 0.250 e. The zero-order valence-corrected chi connectivity index (χ0v) is 10.3. The van der Waals surface area contributed by atoms with Crippen LogP contribution < -0.4 is 5.73 Å². The molecule has 92 valence electrons. The summed E-state index contributed by atoms with van der Waals surface area (Å²) in [5.74, 6) is -0.767. The van der Waals surface area contributed by atoms with Gasteiger partial charge in [-0.25, -0.2) is 0 Å². The molecule has 0 spiro atoms. The number of carbonyl (C=O) groups excluding carboxylic acids is 1. The number of aliphatic hydroxyl groups is 1. The van der Waals surface area contributed by atoms with Gasteiger partial charge in [-0.15, -0.1) is 0 Å². The molecule has 0 aliphatic carbocycles. The number of aliphatic hydroxyl groups excluding tert-OH is 1. The third kappa shape index (κ3) is 2.53. The van der Waals surface area contributed by atoms with E-state index in [9.17, 15) is 9.90 Å². The van der Waals surface area contributed by atoms with Crippen molar-refractivity contribution in [3.63, 3.8) is 0 Å². The fourth-order valence-electron chi connectivity index (χ4n) is 1.78. The maximum atomic E-state index is 11.1. The molecule has 0 heterocycles. The molecule has 0 fully saturated rings. The Kier molecular flexibility index (Phi) is 3.65. The highest BCUT2D eigenvalue weighted by atomic mass is 35.5. The number of primary amides is 1. The molecular weight excluding hydrogens is 250 g/mol. The van der Waals surface area contributed by atoms with Gasteiger partial charge in [-0.3, -0.25) is 4.79 Å². The van der Waals surface area contributed by atoms with Gasteiger partial charge < -0.3 is 10.8 Å². The van der Waals surface area contributed by atoms with Crippen LogP contribution in [0.3, 0.4) is 0 Å². The van der Waals surface area contributed by atoms with Crippen LogP contribution in [0.4, 0.5) is 0 Å². The van der Waals surface area contributed by atoms with Crippen LogP contribution >= 0.6 is 11.6 Å². The van der Waals surface area contributed by atoms with Gasteiger partial charge in [-0.1, -0.05) is 48.0 Å². The lowest BCUT2D eigenvalue weighted by Gasteiger charge is -2.13. The van der Waals surface area contributed by atoms with Crippen molar-refractivity contribution in [3.05, 3.63) is 59.1 Å². The first-order valence-electron chi connectivity index (χ1n) is 5.42. The summed E-state index contributed by atoms with van der Waals surface area (Å²) in [4.78, 5) is 11.1. The summed E-state index contributed by atoms with van der Waals surface area (Å²) in [6, 6.07) is 14.3. The molecule has 18 heavy (non-hydrogen) atoms. The van der Waals surface area contributed by atoms with Gasteiger partial charge in [0.15, 0.2) is 6.10 Å². The summed E-state index contributed by atoms with van der Waals surface area (Å²) in [5, 5.41) is 10.4. The summed E-state index contributed by atoms with van der Waals surface area (Å²) in [6.07, 6.45) is -1.31. The molecule has 0 bridgehead atoms. The molecule has 2 aromatic carbocycles. The third-order valence-electron chi connectivity index (χ3n) is 2.68. The van der Waals surface area contributed by atoms with E-state index in [1.165, 1.54) is 0 Å². The molecule has 2 aromatic rings. The topological polar surface area (TPSA) is 63.3 Å². The molecule has 0 aliphatic rings. The molecule has 1 unspecified atom stereocenters. The Morgan fingerprint density at radius 3 is 2.33 bits per heavy atom. The van der Waals surface area contributed by atoms with Gasteiger partial charge in [-0.05, 0) is 28.8 Å². The minimum Gasteiger partial charge on any atom is -0.378 e. The molecule has 0 aromatic heterocycles. The van der Waals surface area contributed by atoms with E-state index >= 15 is 0 Å². The lowest BCUT2D eigenvalue weighted by molar-refractivity contribution is -0.126. The first-order valence-corrected chi connectivity index (χ1v) is 5.79. The Bertz CT molecular complexity index is 566. The predicted octanol–water partition coefficient (Wildman–Crippen LogP) is 2.53. The number of carbonyl (C=O) groups is 1. The molecule has 0 saturated heterocycles. The minimum absolute atomic E-state index is 0.493. The second-order valence-electron chi connectivity index (χ2n) is 3.90. The van der Waals surface area contributed by atoms with Crippen LogP contribution in [0, 0.1) is 0 Å². The maximum Gasteiger partial charge on any atom is 0.250 e. The molecule has 3 nitrogen and oxygen atoms in total. The number of hydrogen-bond donors (Lipinski definition) is 2. The van der Waals surface area contributed by atoms with Gasteiger partial charge in [0, 0.05) is 5.02 Å². The number of nitrogens with two attached hydrogens (primary N) is 1. The largest absolute Gasteiger partial charge is 0.378 e. The van der Waals surface area contributed by atoms with Crippen molar-refractivity contribution >= 4 is 17.5 Å². The quantitative estimate of drug-likeness (QED) is 0.892. The molecule has 0 radical (unpaired) electrons. The summed E-state index contributed by atoms with van der Waals surface area (Å²) >= 11 is 5.83. The van der Waals surface area contributed by atoms with Crippen molar-refractivity contribution in [1.82, 2.24) is 0 Å². The molecule has 2 rings (SSSR count). The average molecular weight is 262 g/mol. The van der Waals surface area contributed by atoms with Gasteiger partial charge in [0.25, 0.3) is 5.91 Å². The Morgan fingerprint density at radius 2 is 1.72 bits per heavy atom. The second-order valence-corrected chi connectivity index (χ2v) is 4.34. The Morgan fingerprint density at radius 1 is 1.11 bits per heavy atom. The van der Waals surface area contributed by atoms with Crippen LogP contribution in [-0.4, -0.2) is 11.0 Å². The van der Waals surface area contributed by atoms with Crippen LogP contribution in [0.1, 0.15) is 11.7 Å². The molecular formula is C14H12ClNO2. The van der Waals surface area contributed by atoms with E-state index in [-0.39, 0.29) is 0 Å². The zero-order valence-electron chi connectivity index (χ0n) is 9.51. The van der Waals surface area contributed by atoms with E-state index in [4.69, 9.17) is 17.3 Å². The number of amides is 1. The van der Waals surface area contributed by atoms with Crippen molar-refractivity contribution in [3.8, 4) is 11.1 Å². The predicted molar refractivity (Wildman–Crippen MR) is 71.0 cm³/mol. The number of hydrogen-bond acceptors (Lipinski definition) is 2. The van der Waals surface area contributed by atoms with Crippen LogP contribution in [0.2, 0.25) is 5.02 Å². The third-order valence-corrected chi connectivity index (χ3v) is 2.93. The first kappa shape index (κ1) is 12.6. The van der Waals surface area contributed by atoms with Crippen LogP contribution in [0.5, 0.6) is 0 Å². The van der Waals surface area contributed by atoms with Crippen molar-refractivity contribution in [2.75, 3.05) is 0 Å². The van der Waals surface area contributed by atoms with E-state index in [1.54, 1.807) is 24.3 Å². The van der Waals surface area contributed by atoms with Crippen molar-refractivity contribution in [1.29, 1.82) is 0 Å². The summed E-state index contributed by atoms with van der Waals surface area (Å²) in [6.45, 7) is 0. The summed E-state index contributed by atoms with van der Waals surface area (Å²) in [5.41, 5.74) is 7.26. The lowest BCUT2D eigenvalue weighted by atomic mass is 9.96. The van der Waals surface area contributed by atoms with Gasteiger partial charge in [0.2, 0.25) is 0 Å². The number of rotatable bonds is 3. The highest BCUT2D eigenvalue weighted by Crippen LogP contribution is 2.28. The SMILES string of the molecule is NC(=O)C(O)c1ccccc1-c1ccc(Cl)cc1. The minimum atomic E-state index is -1.31. The van der Waals surface area contributed by atoms with E-state index in [1.807, 2.05) is 24.3 Å². The van der Waals surface area contributed by atoms with Gasteiger partial charge in [-0.2, -0.15) is 0 Å². The zero-order chi connectivity index (χ0) is 13.1. The Balaban J connectivity index is 2.51. The van der Waals surface area contributed by atoms with Crippen LogP contribution in [0.15, 0.2) is 48.5 Å². The van der Waals surface area contributed by atoms with E-state index in [2.05, 4.69) is 0 Å². The Hall–Kier alpha value is -1.84. The molecule has 1 amide bonds. The standard InChI is InChI=1S/C14H12ClNO2/c15-10-7-5-9(6-8-10)11-3-1-2-4-12(11)13(17)14(16)18/h1-8,13,17H,(H2,16,18). The van der Waals surface area contributed by atoms with Crippen molar-refractivity contribution in [2.45, 2.75) is 6.10 Å². The van der Waals surface area contributed by atoms with E-state index in [0.29, 0.717) is 10.6 Å². The number of halogens is 1. The molecule has 4 heteroatoms. The Labute approximate surface area is 110 Å². The molecule has 0 aliphatic heterocycles. The lowest BCUT2D eigenvalue weighted by Crippen LogP contribution is -2.21. The van der Waals surface area contributed by atoms with Crippen molar-refractivity contribution in [2.24, 2.45) is 5.73 Å². The maximum absolute atomic E-state index is 11.1. The molecule has 0 saturated carbocycles. The monoisotopic (exact) mass is 261 g/mol. The second kappa shape index (κ2) is 5.21. The van der Waals surface area contributed by atoms with Crippen LogP contribution in [0.25, 0.3) is 11.1 Å². The molecule has 3 N–H and O–H groups in total. The van der Waals surface area contributed by atoms with E-state index < -0.39 is 12.0 Å². The number of benzene rings is 2. The van der Waals surface area contributed by atoms with E-state index in [0.717, 1.165) is 11.1 Å². The fraction of sp³-hybridized carbons (Fsp3) is 0.0714. The van der Waals surface area contributed by atoms with Gasteiger partial charge >= 0.3 is 0 Å². The highest BCUT2D eigenvalue weighted by Gasteiger charge is 2.17. The fourth-order valence-corrected chi connectivity index (χ4v) is 1.91. The summed E-state index contributed by atoms with van der Waals surface area (Å²) in [7, 11) is 0. The average Bonchev–Trinajstić information content (AvgIpc) is 2.39. The first-order chi connectivity index (χ1) is 8.59. The highest BCUT2D eigenvalue weighted by molar-refractivity contribution is 6.30. The normalized spacial score (nSPS) is 12.1. The van der Waals surface area contributed by atoms with Gasteiger partial charge in [0.05, 0.1) is 0 Å². The summed E-state index contributed by atoms with van der Waals surface area (Å²) < 4.78 is 0.